The number of carbonyl (C=O) groups excluding carboxylic acids is 1. The Morgan fingerprint density at radius 3 is 2.88 bits per heavy atom. The largest absolute Gasteiger partial charge is 0.439 e. The molecule has 1 aromatic carbocycles. The number of carbonyl (C=O) groups is 1. The quantitative estimate of drug-likeness (QED) is 0.624. The van der Waals surface area contributed by atoms with Crippen LogP contribution in [0.1, 0.15) is 24.0 Å². The highest BCUT2D eigenvalue weighted by Gasteiger charge is 2.32. The minimum absolute atomic E-state index is 0.0258. The number of hydrogen-bond donors (Lipinski definition) is 2. The maximum atomic E-state index is 12.7. The van der Waals surface area contributed by atoms with Gasteiger partial charge in [0.2, 0.25) is 11.8 Å². The van der Waals surface area contributed by atoms with Gasteiger partial charge >= 0.3 is 6.18 Å². The first-order valence-corrected chi connectivity index (χ1v) is 10.0. The van der Waals surface area contributed by atoms with Gasteiger partial charge in [-0.25, -0.2) is 4.98 Å². The van der Waals surface area contributed by atoms with Crippen molar-refractivity contribution in [2.24, 2.45) is 5.73 Å². The van der Waals surface area contributed by atoms with Crippen LogP contribution in [0.3, 0.4) is 0 Å². The lowest BCUT2D eigenvalue weighted by molar-refractivity contribution is -0.138. The van der Waals surface area contributed by atoms with E-state index >= 15 is 0 Å². The summed E-state index contributed by atoms with van der Waals surface area (Å²) in [4.78, 5) is 21.1. The number of ether oxygens (including phenoxy) is 1. The highest BCUT2D eigenvalue weighted by atomic mass is 19.4. The van der Waals surface area contributed by atoms with E-state index in [1.165, 1.54) is 4.90 Å². The Bertz CT molecular complexity index is 1170. The number of nitrogens with zero attached hydrogens (tertiary/aromatic N) is 3. The van der Waals surface area contributed by atoms with E-state index in [4.69, 9.17) is 10.5 Å². The number of amides is 1. The van der Waals surface area contributed by atoms with Gasteiger partial charge in [-0.3, -0.25) is 4.79 Å². The van der Waals surface area contributed by atoms with Gasteiger partial charge in [0.15, 0.2) is 0 Å². The number of fused-ring (bicyclic) bond motifs is 1. The van der Waals surface area contributed by atoms with Crippen LogP contribution in [0.2, 0.25) is 0 Å². The number of nitrogens with one attached hydrogen (secondary N) is 1. The number of aromatic nitrogens is 2. The van der Waals surface area contributed by atoms with Gasteiger partial charge in [-0.15, -0.1) is 0 Å². The van der Waals surface area contributed by atoms with Crippen molar-refractivity contribution in [3.63, 3.8) is 0 Å². The highest BCUT2D eigenvalue weighted by molar-refractivity contribution is 5.87. The third-order valence-electron chi connectivity index (χ3n) is 5.47. The van der Waals surface area contributed by atoms with Crippen molar-refractivity contribution in [1.29, 1.82) is 5.26 Å². The molecule has 0 saturated carbocycles. The summed E-state index contributed by atoms with van der Waals surface area (Å²) < 4.78 is 43.7. The maximum Gasteiger partial charge on any atom is 0.417 e. The average molecular weight is 443 g/mol. The molecule has 32 heavy (non-hydrogen) atoms. The van der Waals surface area contributed by atoms with Crippen molar-refractivity contribution in [2.75, 3.05) is 6.54 Å². The first kappa shape index (κ1) is 21.6. The fourth-order valence-electron chi connectivity index (χ4n) is 3.82. The number of nitriles is 1. The Kier molecular flexibility index (Phi) is 5.76. The van der Waals surface area contributed by atoms with Gasteiger partial charge in [-0.1, -0.05) is 0 Å². The zero-order valence-corrected chi connectivity index (χ0v) is 16.9. The van der Waals surface area contributed by atoms with Crippen LogP contribution in [-0.4, -0.2) is 39.4 Å². The number of rotatable bonds is 5. The molecule has 4 rings (SSSR count). The number of hydrogen-bond acceptors (Lipinski definition) is 5. The molecule has 1 amide bonds. The molecule has 0 spiro atoms. The molecule has 10 heteroatoms. The number of pyridine rings is 1. The molecule has 0 bridgehead atoms. The van der Waals surface area contributed by atoms with Crippen LogP contribution in [-0.2, 0) is 17.4 Å². The topological polar surface area (TPSA) is 108 Å². The maximum absolute atomic E-state index is 12.7. The van der Waals surface area contributed by atoms with E-state index in [1.54, 1.807) is 24.4 Å². The number of benzene rings is 1. The average Bonchev–Trinajstić information content (AvgIpc) is 3.40. The third-order valence-corrected chi connectivity index (χ3v) is 5.47. The molecule has 3 N–H and O–H groups in total. The lowest BCUT2D eigenvalue weighted by atomic mass is 10.0. The van der Waals surface area contributed by atoms with Crippen LogP contribution in [0.5, 0.6) is 11.6 Å². The van der Waals surface area contributed by atoms with Gasteiger partial charge in [0.1, 0.15) is 11.8 Å². The van der Waals surface area contributed by atoms with Crippen molar-refractivity contribution < 1.29 is 22.7 Å². The summed E-state index contributed by atoms with van der Waals surface area (Å²) in [6, 6.07) is 8.09. The normalized spacial score (nSPS) is 17.3. The van der Waals surface area contributed by atoms with Crippen LogP contribution >= 0.6 is 0 Å². The number of H-pyrrole nitrogens is 1. The summed E-state index contributed by atoms with van der Waals surface area (Å²) >= 11 is 0. The number of nitrogens with two attached hydrogens (primary N) is 1. The van der Waals surface area contributed by atoms with E-state index in [9.17, 15) is 23.2 Å². The molecule has 2 aromatic heterocycles. The van der Waals surface area contributed by atoms with Gasteiger partial charge in [-0.2, -0.15) is 18.4 Å². The third kappa shape index (κ3) is 4.38. The van der Waals surface area contributed by atoms with Gasteiger partial charge in [-0.05, 0) is 49.1 Å². The second-order valence-corrected chi connectivity index (χ2v) is 7.64. The van der Waals surface area contributed by atoms with Crippen molar-refractivity contribution in [2.45, 2.75) is 37.5 Å². The Labute approximate surface area is 181 Å². The molecule has 0 aliphatic carbocycles. The lowest BCUT2D eigenvalue weighted by Gasteiger charge is -2.23. The van der Waals surface area contributed by atoms with Crippen molar-refractivity contribution in [3.8, 4) is 17.7 Å². The minimum atomic E-state index is -4.47. The second kappa shape index (κ2) is 8.51. The molecule has 2 atom stereocenters. The van der Waals surface area contributed by atoms with Crippen molar-refractivity contribution in [3.05, 3.63) is 53.9 Å². The fraction of sp³-hybridized carbons (Fsp3) is 0.318. The zero-order chi connectivity index (χ0) is 22.9. The molecule has 0 unspecified atom stereocenters. The number of halogens is 3. The minimum Gasteiger partial charge on any atom is -0.439 e. The summed E-state index contributed by atoms with van der Waals surface area (Å²) in [5.74, 6) is 0.150. The SMILES string of the molecule is N#C[C@@H]1CCCN1C(=O)[C@@H](N)Cc1c[nH]c2ccc(Oc3ccc(C(F)(F)F)cn3)cc12. The molecule has 3 aromatic rings. The Hall–Kier alpha value is -3.58. The highest BCUT2D eigenvalue weighted by Crippen LogP contribution is 2.31. The number of likely N-dealkylation sites (tertiary alicyclic amines) is 1. The Morgan fingerprint density at radius 2 is 2.19 bits per heavy atom. The molecule has 7 nitrogen and oxygen atoms in total. The summed E-state index contributed by atoms with van der Waals surface area (Å²) in [5, 5.41) is 9.98. The van der Waals surface area contributed by atoms with Crippen LogP contribution in [0.25, 0.3) is 10.9 Å². The van der Waals surface area contributed by atoms with Crippen LogP contribution in [0, 0.1) is 11.3 Å². The van der Waals surface area contributed by atoms with E-state index in [-0.39, 0.29) is 18.2 Å². The predicted octanol–water partition coefficient (Wildman–Crippen LogP) is 3.76. The molecule has 1 aliphatic rings. The van der Waals surface area contributed by atoms with Crippen molar-refractivity contribution >= 4 is 16.8 Å². The molecule has 1 aliphatic heterocycles. The molecule has 0 radical (unpaired) electrons. The van der Waals surface area contributed by atoms with Gasteiger partial charge in [0, 0.05) is 35.9 Å². The van der Waals surface area contributed by atoms with Gasteiger partial charge in [0.05, 0.1) is 17.7 Å². The van der Waals surface area contributed by atoms with E-state index in [2.05, 4.69) is 16.0 Å². The first-order valence-electron chi connectivity index (χ1n) is 10.0. The smallest absolute Gasteiger partial charge is 0.417 e. The van der Waals surface area contributed by atoms with Crippen LogP contribution in [0.15, 0.2) is 42.7 Å². The summed E-state index contributed by atoms with van der Waals surface area (Å²) in [6.07, 6.45) is -0.307. The van der Waals surface area contributed by atoms with E-state index in [1.807, 2.05) is 0 Å². The predicted molar refractivity (Wildman–Crippen MR) is 110 cm³/mol. The number of aromatic amines is 1. The van der Waals surface area contributed by atoms with Gasteiger partial charge < -0.3 is 20.4 Å². The summed E-state index contributed by atoms with van der Waals surface area (Å²) in [5.41, 5.74) is 6.89. The molecule has 3 heterocycles. The van der Waals surface area contributed by atoms with E-state index in [0.29, 0.717) is 24.9 Å². The Balaban J connectivity index is 1.50. The van der Waals surface area contributed by atoms with E-state index < -0.39 is 23.8 Å². The number of alkyl halides is 3. The first-order chi connectivity index (χ1) is 15.3. The Morgan fingerprint density at radius 1 is 1.38 bits per heavy atom. The monoisotopic (exact) mass is 443 g/mol. The van der Waals surface area contributed by atoms with Crippen LogP contribution in [0.4, 0.5) is 13.2 Å². The van der Waals surface area contributed by atoms with Gasteiger partial charge in [0.25, 0.3) is 0 Å². The molecule has 166 valence electrons. The molecule has 1 fully saturated rings. The fourth-order valence-corrected chi connectivity index (χ4v) is 3.82. The van der Waals surface area contributed by atoms with Crippen LogP contribution < -0.4 is 10.5 Å². The zero-order valence-electron chi connectivity index (χ0n) is 16.9. The summed E-state index contributed by atoms with van der Waals surface area (Å²) in [7, 11) is 0. The summed E-state index contributed by atoms with van der Waals surface area (Å²) in [6.45, 7) is 0.525. The lowest BCUT2D eigenvalue weighted by Crippen LogP contribution is -2.46. The second-order valence-electron chi connectivity index (χ2n) is 7.64. The van der Waals surface area contributed by atoms with Crippen molar-refractivity contribution in [1.82, 2.24) is 14.9 Å². The molecular weight excluding hydrogens is 423 g/mol. The van der Waals surface area contributed by atoms with E-state index in [0.717, 1.165) is 35.0 Å². The molecule has 1 saturated heterocycles. The standard InChI is InChI=1S/C22H20F3N5O2/c23-22(24,25)14-3-6-20(29-12-14)32-16-4-5-19-17(9-16)13(11-28-19)8-18(27)21(31)30-7-1-2-15(30)10-26/h3-6,9,11-12,15,18,28H,1-2,7-8,27H2/t15-,18-/m0/s1. The molecular formula is C22H20F3N5O2.